The Kier molecular flexibility index (Phi) is 9.86. The molecule has 1 fully saturated rings. The van der Waals surface area contributed by atoms with Crippen molar-refractivity contribution < 1.29 is 18.6 Å². The quantitative estimate of drug-likeness (QED) is 0.239. The second-order valence-corrected chi connectivity index (χ2v) is 13.9. The summed E-state index contributed by atoms with van der Waals surface area (Å²) in [5.74, 6) is 1.84. The fourth-order valence-corrected chi connectivity index (χ4v) is 8.40. The van der Waals surface area contributed by atoms with Crippen molar-refractivity contribution in [2.45, 2.75) is 51.9 Å². The van der Waals surface area contributed by atoms with Crippen molar-refractivity contribution in [3.63, 3.8) is 0 Å². The van der Waals surface area contributed by atoms with Crippen molar-refractivity contribution in [2.75, 3.05) is 38.5 Å². The summed E-state index contributed by atoms with van der Waals surface area (Å²) >= 11 is 0. The van der Waals surface area contributed by atoms with Crippen LogP contribution >= 0.6 is 7.37 Å². The van der Waals surface area contributed by atoms with Crippen LogP contribution in [0, 0.1) is 17.8 Å². The zero-order valence-electron chi connectivity index (χ0n) is 25.0. The molecule has 0 aliphatic heterocycles. The smallest absolute Gasteiger partial charge is 0.258 e. The number of nitrogens with one attached hydrogen (secondary N) is 1. The molecule has 0 saturated heterocycles. The first kappa shape index (κ1) is 30.0. The SMILES string of the molecule is COc1ccc(OC)c([C@H](Nc2ccccc2)[P@](=O)(O[C@@H]2C[C@H](C)CC[C@H]2C(C)C)c2ccc(N(C)C)cc2)c1. The van der Waals surface area contributed by atoms with E-state index >= 15 is 4.57 Å². The van der Waals surface area contributed by atoms with Gasteiger partial charge in [0.05, 0.1) is 20.3 Å². The highest BCUT2D eigenvalue weighted by molar-refractivity contribution is 7.67. The molecule has 4 rings (SSSR count). The molecule has 5 atom stereocenters. The van der Waals surface area contributed by atoms with E-state index in [4.69, 9.17) is 14.0 Å². The number of hydrogen-bond acceptors (Lipinski definition) is 6. The molecule has 1 aliphatic carbocycles. The van der Waals surface area contributed by atoms with E-state index in [0.717, 1.165) is 29.8 Å². The van der Waals surface area contributed by atoms with Crippen LogP contribution in [0.15, 0.2) is 72.8 Å². The molecular weight excluding hydrogens is 519 g/mol. The van der Waals surface area contributed by atoms with E-state index < -0.39 is 13.2 Å². The van der Waals surface area contributed by atoms with Crippen LogP contribution in [0.3, 0.4) is 0 Å². The summed E-state index contributed by atoms with van der Waals surface area (Å²) < 4.78 is 34.3. The van der Waals surface area contributed by atoms with Gasteiger partial charge in [0.25, 0.3) is 7.37 Å². The highest BCUT2D eigenvalue weighted by Gasteiger charge is 2.44. The number of para-hydroxylation sites is 1. The van der Waals surface area contributed by atoms with Gasteiger partial charge in [-0.3, -0.25) is 4.57 Å². The van der Waals surface area contributed by atoms with Crippen molar-refractivity contribution in [1.29, 1.82) is 0 Å². The van der Waals surface area contributed by atoms with Crippen LogP contribution in [-0.2, 0) is 9.09 Å². The first-order chi connectivity index (χ1) is 19.2. The molecule has 7 heteroatoms. The van der Waals surface area contributed by atoms with Crippen LogP contribution in [0.1, 0.15) is 51.4 Å². The number of ether oxygens (including phenoxy) is 2. The fourth-order valence-electron chi connectivity index (χ4n) is 5.76. The molecule has 0 radical (unpaired) electrons. The van der Waals surface area contributed by atoms with Crippen LogP contribution in [0.25, 0.3) is 0 Å². The zero-order valence-corrected chi connectivity index (χ0v) is 25.9. The number of anilines is 2. The minimum atomic E-state index is -3.63. The largest absolute Gasteiger partial charge is 0.497 e. The zero-order chi connectivity index (χ0) is 28.9. The molecule has 1 N–H and O–H groups in total. The van der Waals surface area contributed by atoms with Gasteiger partial charge in [0.1, 0.15) is 17.3 Å². The van der Waals surface area contributed by atoms with Gasteiger partial charge < -0.3 is 24.2 Å². The molecule has 1 aliphatic rings. The predicted octanol–water partition coefficient (Wildman–Crippen LogP) is 7.96. The van der Waals surface area contributed by atoms with E-state index in [9.17, 15) is 0 Å². The van der Waals surface area contributed by atoms with Crippen LogP contribution in [0.4, 0.5) is 11.4 Å². The molecule has 3 aromatic rings. The van der Waals surface area contributed by atoms with Gasteiger partial charge in [-0.2, -0.15) is 0 Å². The Balaban J connectivity index is 1.93. The summed E-state index contributed by atoms with van der Waals surface area (Å²) in [5.41, 5.74) is 2.62. The highest BCUT2D eigenvalue weighted by atomic mass is 31.2. The van der Waals surface area contributed by atoms with E-state index in [1.807, 2.05) is 91.8 Å². The lowest BCUT2D eigenvalue weighted by Crippen LogP contribution is -2.36. The Morgan fingerprint density at radius 3 is 2.23 bits per heavy atom. The van der Waals surface area contributed by atoms with E-state index in [0.29, 0.717) is 34.6 Å². The molecule has 1 saturated carbocycles. The summed E-state index contributed by atoms with van der Waals surface area (Å²) in [6.45, 7) is 6.77. The first-order valence-corrected chi connectivity index (χ1v) is 15.9. The van der Waals surface area contributed by atoms with Crippen LogP contribution in [0.5, 0.6) is 11.5 Å². The third-order valence-corrected chi connectivity index (χ3v) is 10.8. The Labute approximate surface area is 240 Å². The van der Waals surface area contributed by atoms with Crippen molar-refractivity contribution in [3.8, 4) is 11.5 Å². The average molecular weight is 565 g/mol. The topological polar surface area (TPSA) is 60.0 Å². The minimum absolute atomic E-state index is 0.125. The highest BCUT2D eigenvalue weighted by Crippen LogP contribution is 2.63. The molecule has 3 aromatic carbocycles. The lowest BCUT2D eigenvalue weighted by Gasteiger charge is -2.41. The Hall–Kier alpha value is -2.95. The van der Waals surface area contributed by atoms with Gasteiger partial charge in [0, 0.05) is 36.3 Å². The number of benzene rings is 3. The van der Waals surface area contributed by atoms with Crippen molar-refractivity contribution in [1.82, 2.24) is 0 Å². The molecule has 0 spiro atoms. The monoisotopic (exact) mass is 564 g/mol. The molecule has 0 aromatic heterocycles. The van der Waals surface area contributed by atoms with E-state index in [1.54, 1.807) is 14.2 Å². The first-order valence-electron chi connectivity index (χ1n) is 14.3. The Bertz CT molecular complexity index is 1280. The Morgan fingerprint density at radius 1 is 0.925 bits per heavy atom. The van der Waals surface area contributed by atoms with Gasteiger partial charge in [-0.05, 0) is 85.2 Å². The number of rotatable bonds is 11. The predicted molar refractivity (Wildman–Crippen MR) is 167 cm³/mol. The van der Waals surface area contributed by atoms with Gasteiger partial charge in [-0.25, -0.2) is 0 Å². The fraction of sp³-hybridized carbons (Fsp3) is 0.455. The van der Waals surface area contributed by atoms with Crippen molar-refractivity contribution in [2.24, 2.45) is 17.8 Å². The normalized spacial score (nSPS) is 21.4. The molecular formula is C33H45N2O4P. The maximum atomic E-state index is 15.8. The van der Waals surface area contributed by atoms with E-state index in [-0.39, 0.29) is 6.10 Å². The summed E-state index contributed by atoms with van der Waals surface area (Å²) in [6, 6.07) is 23.5. The third-order valence-electron chi connectivity index (χ3n) is 8.13. The molecule has 0 amide bonds. The third kappa shape index (κ3) is 6.67. The van der Waals surface area contributed by atoms with Crippen molar-refractivity contribution >= 4 is 24.0 Å². The molecule has 216 valence electrons. The standard InChI is InChI=1S/C33H45N2O4P/c1-23(2)29-19-13-24(3)21-32(29)39-40(36,28-17-14-26(15-18-28)35(4)5)33(34-25-11-9-8-10-12-25)30-22-27(37-6)16-20-31(30)38-7/h8-12,14-18,20,22-24,29,32-34H,13,19,21H2,1-7H3/t24-,29+,32-,33-,40-/m1/s1. The number of nitrogens with zero attached hydrogens (tertiary/aromatic N) is 1. The van der Waals surface area contributed by atoms with Crippen LogP contribution in [0.2, 0.25) is 0 Å². The van der Waals surface area contributed by atoms with Gasteiger partial charge in [-0.15, -0.1) is 0 Å². The van der Waals surface area contributed by atoms with Gasteiger partial charge in [0.15, 0.2) is 0 Å². The summed E-state index contributed by atoms with van der Waals surface area (Å²) in [7, 11) is 3.65. The maximum absolute atomic E-state index is 15.8. The summed E-state index contributed by atoms with van der Waals surface area (Å²) in [5, 5.41) is 4.29. The summed E-state index contributed by atoms with van der Waals surface area (Å²) in [4.78, 5) is 2.04. The number of methoxy groups -OCH3 is 2. The Morgan fingerprint density at radius 2 is 1.62 bits per heavy atom. The van der Waals surface area contributed by atoms with Gasteiger partial charge in [0.2, 0.25) is 0 Å². The van der Waals surface area contributed by atoms with Gasteiger partial charge in [-0.1, -0.05) is 45.4 Å². The van der Waals surface area contributed by atoms with Crippen LogP contribution < -0.4 is 25.0 Å². The second kappa shape index (κ2) is 13.1. The number of hydrogen-bond donors (Lipinski definition) is 1. The molecule has 40 heavy (non-hydrogen) atoms. The average Bonchev–Trinajstić information content (AvgIpc) is 2.96. The van der Waals surface area contributed by atoms with Crippen LogP contribution in [-0.4, -0.2) is 34.4 Å². The lowest BCUT2D eigenvalue weighted by atomic mass is 9.75. The second-order valence-electron chi connectivity index (χ2n) is 11.5. The van der Waals surface area contributed by atoms with E-state index in [2.05, 4.69) is 26.1 Å². The molecule has 0 unspecified atom stereocenters. The van der Waals surface area contributed by atoms with Crippen molar-refractivity contribution in [3.05, 3.63) is 78.4 Å². The summed E-state index contributed by atoms with van der Waals surface area (Å²) in [6.07, 6.45) is 3.00. The van der Waals surface area contributed by atoms with Gasteiger partial charge >= 0.3 is 0 Å². The molecule has 6 nitrogen and oxygen atoms in total. The maximum Gasteiger partial charge on any atom is 0.258 e. The molecule has 0 heterocycles. The molecule has 0 bridgehead atoms. The lowest BCUT2D eigenvalue weighted by molar-refractivity contribution is 0.0488. The minimum Gasteiger partial charge on any atom is -0.497 e. The van der Waals surface area contributed by atoms with E-state index in [1.165, 1.54) is 6.42 Å².